The van der Waals surface area contributed by atoms with Crippen LogP contribution in [0.4, 0.5) is 5.82 Å². The lowest BCUT2D eigenvalue weighted by atomic mass is 10.5. The van der Waals surface area contributed by atoms with Crippen LogP contribution in [0.5, 0.6) is 0 Å². The van der Waals surface area contributed by atoms with E-state index in [0.29, 0.717) is 4.60 Å². The minimum atomic E-state index is -3.98. The van der Waals surface area contributed by atoms with Crippen LogP contribution in [0, 0.1) is 6.92 Å². The highest BCUT2D eigenvalue weighted by Gasteiger charge is 2.30. The number of sulfonamides is 2. The highest BCUT2D eigenvalue weighted by atomic mass is 79.9. The molecule has 0 aliphatic rings. The van der Waals surface area contributed by atoms with Crippen molar-refractivity contribution >= 4 is 41.8 Å². The summed E-state index contributed by atoms with van der Waals surface area (Å²) in [5.41, 5.74) is 0.190. The Kier molecular flexibility index (Phi) is 3.79. The molecule has 17 heavy (non-hydrogen) atoms. The van der Waals surface area contributed by atoms with Gasteiger partial charge in [0.1, 0.15) is 4.60 Å². The molecule has 0 unspecified atom stereocenters. The van der Waals surface area contributed by atoms with Gasteiger partial charge in [-0.15, -0.1) is 3.71 Å². The molecule has 1 aromatic rings. The van der Waals surface area contributed by atoms with Crippen molar-refractivity contribution in [1.82, 2.24) is 9.97 Å². The van der Waals surface area contributed by atoms with Crippen LogP contribution in [0.3, 0.4) is 0 Å². The molecule has 0 radical (unpaired) electrons. The SMILES string of the molecule is Cc1nc(Br)cnc1N(S(C)(=O)=O)S(C)(=O)=O. The van der Waals surface area contributed by atoms with Crippen LogP contribution in [0.2, 0.25) is 0 Å². The van der Waals surface area contributed by atoms with Crippen molar-refractivity contribution < 1.29 is 16.8 Å². The molecule has 0 fully saturated rings. The smallest absolute Gasteiger partial charge is 0.241 e. The fraction of sp³-hybridized carbons (Fsp3) is 0.429. The molecule has 0 aliphatic heterocycles. The Morgan fingerprint density at radius 2 is 1.65 bits per heavy atom. The van der Waals surface area contributed by atoms with Gasteiger partial charge in [-0.05, 0) is 22.9 Å². The predicted octanol–water partition coefficient (Wildman–Crippen LogP) is 0.273. The van der Waals surface area contributed by atoms with Crippen molar-refractivity contribution in [2.24, 2.45) is 0 Å². The molecule has 0 aromatic carbocycles. The largest absolute Gasteiger partial charge is 0.246 e. The molecule has 0 saturated carbocycles. The third-order valence-corrected chi connectivity index (χ3v) is 5.22. The Bertz CT molecular complexity index is 609. The van der Waals surface area contributed by atoms with E-state index in [-0.39, 0.29) is 15.2 Å². The number of halogens is 1. The molecule has 0 saturated heterocycles. The van der Waals surface area contributed by atoms with Crippen LogP contribution in [-0.4, -0.2) is 39.3 Å². The minimum Gasteiger partial charge on any atom is -0.241 e. The zero-order chi connectivity index (χ0) is 13.4. The lowest BCUT2D eigenvalue weighted by Gasteiger charge is -2.19. The van der Waals surface area contributed by atoms with Crippen molar-refractivity contribution in [3.05, 3.63) is 16.5 Å². The molecule has 0 spiro atoms. The molecule has 96 valence electrons. The standard InChI is InChI=1S/C7H10BrN3O4S2/c1-5-7(9-4-6(8)10-5)11(16(2,12)13)17(3,14)15/h4H,1-3H3. The van der Waals surface area contributed by atoms with Gasteiger partial charge in [-0.2, -0.15) is 0 Å². The maximum atomic E-state index is 11.5. The molecule has 1 rings (SSSR count). The summed E-state index contributed by atoms with van der Waals surface area (Å²) in [6.45, 7) is 1.47. The summed E-state index contributed by atoms with van der Waals surface area (Å²) >= 11 is 3.06. The lowest BCUT2D eigenvalue weighted by Crippen LogP contribution is -2.36. The molecule has 10 heteroatoms. The summed E-state index contributed by atoms with van der Waals surface area (Å²) in [5, 5.41) is 0. The van der Waals surface area contributed by atoms with Crippen LogP contribution in [0.15, 0.2) is 10.8 Å². The Balaban J connectivity index is 3.56. The first-order chi connectivity index (χ1) is 7.53. The molecule has 0 atom stereocenters. The second-order valence-electron chi connectivity index (χ2n) is 3.32. The van der Waals surface area contributed by atoms with E-state index in [1.807, 2.05) is 0 Å². The van der Waals surface area contributed by atoms with E-state index in [4.69, 9.17) is 0 Å². The van der Waals surface area contributed by atoms with Crippen LogP contribution in [0.25, 0.3) is 0 Å². The molecule has 7 nitrogen and oxygen atoms in total. The third kappa shape index (κ3) is 3.36. The highest BCUT2D eigenvalue weighted by molar-refractivity contribution is 9.10. The van der Waals surface area contributed by atoms with E-state index in [2.05, 4.69) is 25.9 Å². The number of anilines is 1. The topological polar surface area (TPSA) is 97.3 Å². The minimum absolute atomic E-state index is 0.190. The van der Waals surface area contributed by atoms with Crippen molar-refractivity contribution in [3.8, 4) is 0 Å². The Morgan fingerprint density at radius 1 is 1.18 bits per heavy atom. The fourth-order valence-corrected chi connectivity index (χ4v) is 4.51. The van der Waals surface area contributed by atoms with Crippen molar-refractivity contribution in [2.75, 3.05) is 16.2 Å². The van der Waals surface area contributed by atoms with Crippen LogP contribution in [0.1, 0.15) is 5.69 Å². The lowest BCUT2D eigenvalue weighted by molar-refractivity contribution is 0.590. The summed E-state index contributed by atoms with van der Waals surface area (Å²) in [7, 11) is -7.97. The van der Waals surface area contributed by atoms with E-state index in [1.54, 1.807) is 0 Å². The van der Waals surface area contributed by atoms with Gasteiger partial charge in [-0.1, -0.05) is 0 Å². The van der Waals surface area contributed by atoms with E-state index in [1.165, 1.54) is 13.1 Å². The van der Waals surface area contributed by atoms with Gasteiger partial charge in [0.2, 0.25) is 20.0 Å². The Morgan fingerprint density at radius 3 is 2.00 bits per heavy atom. The van der Waals surface area contributed by atoms with Crippen molar-refractivity contribution in [1.29, 1.82) is 0 Å². The molecule has 1 heterocycles. The van der Waals surface area contributed by atoms with Gasteiger partial charge in [0, 0.05) is 0 Å². The number of hydrogen-bond acceptors (Lipinski definition) is 6. The molecule has 0 aliphatic carbocycles. The van der Waals surface area contributed by atoms with Gasteiger partial charge < -0.3 is 0 Å². The summed E-state index contributed by atoms with van der Waals surface area (Å²) in [6, 6.07) is 0. The van der Waals surface area contributed by atoms with E-state index in [9.17, 15) is 16.8 Å². The number of hydrogen-bond donors (Lipinski definition) is 0. The number of nitrogens with zero attached hydrogens (tertiary/aromatic N) is 3. The fourth-order valence-electron chi connectivity index (χ4n) is 1.19. The first-order valence-electron chi connectivity index (χ1n) is 4.23. The molecular formula is C7H10BrN3O4S2. The van der Waals surface area contributed by atoms with Crippen molar-refractivity contribution in [2.45, 2.75) is 6.92 Å². The Hall–Kier alpha value is -0.740. The summed E-state index contributed by atoms with van der Waals surface area (Å²) in [6.07, 6.45) is 2.81. The second-order valence-corrected chi connectivity index (χ2v) is 8.03. The zero-order valence-electron chi connectivity index (χ0n) is 9.25. The zero-order valence-corrected chi connectivity index (χ0v) is 12.5. The Labute approximate surface area is 108 Å². The molecular weight excluding hydrogens is 334 g/mol. The average molecular weight is 344 g/mol. The summed E-state index contributed by atoms with van der Waals surface area (Å²) in [5.74, 6) is -0.224. The maximum absolute atomic E-state index is 11.5. The molecule has 1 aromatic heterocycles. The first-order valence-corrected chi connectivity index (χ1v) is 8.72. The van der Waals surface area contributed by atoms with Crippen LogP contribution < -0.4 is 3.71 Å². The normalized spacial score (nSPS) is 12.5. The monoisotopic (exact) mass is 343 g/mol. The summed E-state index contributed by atoms with van der Waals surface area (Å²) < 4.78 is 46.6. The van der Waals surface area contributed by atoms with E-state index in [0.717, 1.165) is 12.5 Å². The highest BCUT2D eigenvalue weighted by Crippen LogP contribution is 2.22. The maximum Gasteiger partial charge on any atom is 0.246 e. The average Bonchev–Trinajstić information content (AvgIpc) is 2.04. The number of aryl methyl sites for hydroxylation is 1. The third-order valence-electron chi connectivity index (χ3n) is 1.67. The van der Waals surface area contributed by atoms with Crippen molar-refractivity contribution in [3.63, 3.8) is 0 Å². The van der Waals surface area contributed by atoms with Crippen LogP contribution >= 0.6 is 15.9 Å². The molecule has 0 bridgehead atoms. The molecule has 0 N–H and O–H groups in total. The van der Waals surface area contributed by atoms with Gasteiger partial charge in [0.05, 0.1) is 24.4 Å². The summed E-state index contributed by atoms with van der Waals surface area (Å²) in [4.78, 5) is 7.67. The van der Waals surface area contributed by atoms with E-state index >= 15 is 0 Å². The van der Waals surface area contributed by atoms with Gasteiger partial charge in [0.25, 0.3) is 0 Å². The van der Waals surface area contributed by atoms with Crippen LogP contribution in [-0.2, 0) is 20.0 Å². The number of rotatable bonds is 3. The number of aromatic nitrogens is 2. The quantitative estimate of drug-likeness (QED) is 0.781. The molecule has 0 amide bonds. The van der Waals surface area contributed by atoms with Gasteiger partial charge in [0.15, 0.2) is 5.82 Å². The van der Waals surface area contributed by atoms with Gasteiger partial charge >= 0.3 is 0 Å². The van der Waals surface area contributed by atoms with Gasteiger partial charge in [-0.3, -0.25) is 0 Å². The second kappa shape index (κ2) is 4.50. The van der Waals surface area contributed by atoms with Gasteiger partial charge in [-0.25, -0.2) is 26.8 Å². The predicted molar refractivity (Wildman–Crippen MR) is 66.6 cm³/mol. The first kappa shape index (κ1) is 14.3. The van der Waals surface area contributed by atoms with E-state index < -0.39 is 20.0 Å².